The number of nitrogens with one attached hydrogen (secondary N) is 1. The van der Waals surface area contributed by atoms with E-state index >= 15 is 0 Å². The van der Waals surface area contributed by atoms with E-state index in [1.54, 1.807) is 0 Å². The highest BCUT2D eigenvalue weighted by atomic mass is 16.2. The summed E-state index contributed by atoms with van der Waals surface area (Å²) >= 11 is 0. The van der Waals surface area contributed by atoms with Crippen LogP contribution in [0.15, 0.2) is 33.9 Å². The molecule has 1 N–H and O–H groups in total. The molecule has 4 rings (SSSR count). The Hall–Kier alpha value is -2.10. The maximum absolute atomic E-state index is 13.5. The predicted molar refractivity (Wildman–Crippen MR) is 100 cm³/mol. The van der Waals surface area contributed by atoms with Crippen molar-refractivity contribution in [2.45, 2.75) is 70.3 Å². The van der Waals surface area contributed by atoms with E-state index in [1.807, 2.05) is 18.2 Å². The summed E-state index contributed by atoms with van der Waals surface area (Å²) in [6.45, 7) is 4.29. The van der Waals surface area contributed by atoms with Crippen LogP contribution < -0.4 is 11.2 Å². The first-order valence-electron chi connectivity index (χ1n) is 9.53. The number of aromatic amines is 1. The van der Waals surface area contributed by atoms with Crippen LogP contribution >= 0.6 is 0 Å². The molecule has 25 heavy (non-hydrogen) atoms. The number of benzene rings is 1. The largest absolute Gasteiger partial charge is 0.329 e. The molecule has 0 unspecified atom stereocenters. The monoisotopic (exact) mass is 338 g/mol. The lowest BCUT2D eigenvalue weighted by molar-refractivity contribution is 0.329. The number of nitrogens with zero attached hydrogens (tertiary/aromatic N) is 1. The second-order valence-corrected chi connectivity index (χ2v) is 7.90. The normalized spacial score (nSPS) is 23.1. The number of hydrogen-bond acceptors (Lipinski definition) is 2. The summed E-state index contributed by atoms with van der Waals surface area (Å²) in [5.74, 6) is 0. The molecule has 0 bridgehead atoms. The van der Waals surface area contributed by atoms with E-state index < -0.39 is 0 Å². The van der Waals surface area contributed by atoms with E-state index in [0.717, 1.165) is 55.3 Å². The first kappa shape index (κ1) is 16.4. The lowest BCUT2D eigenvalue weighted by Crippen LogP contribution is -2.46. The van der Waals surface area contributed by atoms with Crippen LogP contribution in [0, 0.1) is 0 Å². The Morgan fingerprint density at radius 1 is 1.16 bits per heavy atom. The van der Waals surface area contributed by atoms with Gasteiger partial charge in [-0.15, -0.1) is 0 Å². The number of hydrogen-bond donors (Lipinski definition) is 1. The van der Waals surface area contributed by atoms with E-state index in [1.165, 1.54) is 16.6 Å². The lowest BCUT2D eigenvalue weighted by Gasteiger charge is -2.36. The van der Waals surface area contributed by atoms with Gasteiger partial charge in [0.1, 0.15) is 0 Å². The minimum absolute atomic E-state index is 0.0496. The molecule has 0 aliphatic heterocycles. The highest BCUT2D eigenvalue weighted by molar-refractivity contribution is 5.71. The standard InChI is InChI=1S/C21H26N2O2/c1-3-21(2)13-14-9-7-8-12-16(14)18-17(21)19(24)23(20(25)22-18)15-10-5-4-6-11-15/h7-9,12,15H,3-6,10-11,13H2,1-2H3,(H,22,25)/t21-/m0/s1. The molecule has 0 spiro atoms. The molecular weight excluding hydrogens is 312 g/mol. The molecule has 2 aromatic rings. The number of aromatic nitrogens is 2. The van der Waals surface area contributed by atoms with E-state index in [-0.39, 0.29) is 22.7 Å². The Bertz CT molecular complexity index is 918. The van der Waals surface area contributed by atoms with E-state index in [9.17, 15) is 9.59 Å². The van der Waals surface area contributed by atoms with Crippen molar-refractivity contribution in [1.82, 2.24) is 9.55 Å². The van der Waals surface area contributed by atoms with E-state index in [4.69, 9.17) is 0 Å². The molecule has 0 radical (unpaired) electrons. The highest BCUT2D eigenvalue weighted by Crippen LogP contribution is 2.42. The molecule has 132 valence electrons. The second-order valence-electron chi connectivity index (χ2n) is 7.90. The Balaban J connectivity index is 2.00. The Morgan fingerprint density at radius 3 is 2.60 bits per heavy atom. The molecule has 4 nitrogen and oxygen atoms in total. The van der Waals surface area contributed by atoms with Crippen LogP contribution in [0.25, 0.3) is 11.3 Å². The lowest BCUT2D eigenvalue weighted by atomic mass is 9.69. The Morgan fingerprint density at radius 2 is 1.88 bits per heavy atom. The van der Waals surface area contributed by atoms with E-state index in [2.05, 4.69) is 24.9 Å². The summed E-state index contributed by atoms with van der Waals surface area (Å²) in [5.41, 5.74) is 3.22. The SMILES string of the molecule is CC[C@@]1(C)Cc2ccccc2-c2[nH]c(=O)n(C3CCCCC3)c(=O)c21. The van der Waals surface area contributed by atoms with Crippen LogP contribution in [0.5, 0.6) is 0 Å². The fourth-order valence-electron chi connectivity index (χ4n) is 4.71. The molecular formula is C21H26N2O2. The van der Waals surface area contributed by atoms with Crippen LogP contribution in [0.4, 0.5) is 0 Å². The minimum Gasteiger partial charge on any atom is -0.306 e. The van der Waals surface area contributed by atoms with Crippen molar-refractivity contribution in [3.8, 4) is 11.3 Å². The van der Waals surface area contributed by atoms with Gasteiger partial charge in [0.25, 0.3) is 5.56 Å². The zero-order valence-electron chi connectivity index (χ0n) is 15.1. The third kappa shape index (κ3) is 2.50. The molecule has 4 heteroatoms. The Kier molecular flexibility index (Phi) is 3.94. The third-order valence-corrected chi connectivity index (χ3v) is 6.32. The highest BCUT2D eigenvalue weighted by Gasteiger charge is 2.38. The van der Waals surface area contributed by atoms with Crippen LogP contribution in [0.2, 0.25) is 0 Å². The maximum atomic E-state index is 13.5. The van der Waals surface area contributed by atoms with Gasteiger partial charge in [-0.1, -0.05) is 57.4 Å². The van der Waals surface area contributed by atoms with Gasteiger partial charge in [-0.25, -0.2) is 4.79 Å². The van der Waals surface area contributed by atoms with Crippen molar-refractivity contribution < 1.29 is 0 Å². The van der Waals surface area contributed by atoms with Gasteiger partial charge in [0.05, 0.1) is 5.69 Å². The molecule has 1 atom stereocenters. The number of fused-ring (bicyclic) bond motifs is 3. The van der Waals surface area contributed by atoms with Crippen molar-refractivity contribution in [3.63, 3.8) is 0 Å². The molecule has 1 heterocycles. The second kappa shape index (κ2) is 6.01. The molecule has 2 aliphatic rings. The quantitative estimate of drug-likeness (QED) is 0.902. The van der Waals surface area contributed by atoms with Crippen LogP contribution in [-0.4, -0.2) is 9.55 Å². The average Bonchev–Trinajstić information content (AvgIpc) is 2.62. The molecule has 1 aromatic heterocycles. The summed E-state index contributed by atoms with van der Waals surface area (Å²) < 4.78 is 1.53. The predicted octanol–water partition coefficient (Wildman–Crippen LogP) is 3.93. The maximum Gasteiger partial charge on any atom is 0.329 e. The summed E-state index contributed by atoms with van der Waals surface area (Å²) in [6.07, 6.45) is 6.98. The van der Waals surface area contributed by atoms with Crippen LogP contribution in [-0.2, 0) is 11.8 Å². The van der Waals surface area contributed by atoms with Crippen molar-refractivity contribution in [2.75, 3.05) is 0 Å². The molecule has 1 saturated carbocycles. The first-order valence-corrected chi connectivity index (χ1v) is 9.53. The summed E-state index contributed by atoms with van der Waals surface area (Å²) in [4.78, 5) is 29.4. The van der Waals surface area contributed by atoms with E-state index in [0.29, 0.717) is 0 Å². The number of rotatable bonds is 2. The zero-order chi connectivity index (χ0) is 17.6. The summed E-state index contributed by atoms with van der Waals surface area (Å²) in [5, 5.41) is 0. The smallest absolute Gasteiger partial charge is 0.306 e. The van der Waals surface area contributed by atoms with Crippen molar-refractivity contribution in [3.05, 3.63) is 56.2 Å². The van der Waals surface area contributed by atoms with Gasteiger partial charge in [-0.05, 0) is 31.2 Å². The van der Waals surface area contributed by atoms with Gasteiger partial charge in [0.2, 0.25) is 0 Å². The zero-order valence-corrected chi connectivity index (χ0v) is 15.1. The minimum atomic E-state index is -0.245. The van der Waals surface area contributed by atoms with Crippen LogP contribution in [0.3, 0.4) is 0 Å². The topological polar surface area (TPSA) is 54.9 Å². The van der Waals surface area contributed by atoms with Gasteiger partial charge in [0, 0.05) is 22.6 Å². The Labute approximate surface area is 147 Å². The fraction of sp³-hybridized carbons (Fsp3) is 0.524. The van der Waals surface area contributed by atoms with Crippen molar-refractivity contribution in [2.24, 2.45) is 0 Å². The molecule has 1 aromatic carbocycles. The van der Waals surface area contributed by atoms with Gasteiger partial charge >= 0.3 is 5.69 Å². The van der Waals surface area contributed by atoms with Crippen LogP contribution in [0.1, 0.15) is 69.5 Å². The van der Waals surface area contributed by atoms with Gasteiger partial charge in [-0.3, -0.25) is 9.36 Å². The first-order chi connectivity index (χ1) is 12.0. The van der Waals surface area contributed by atoms with Gasteiger partial charge in [0.15, 0.2) is 0 Å². The fourth-order valence-corrected chi connectivity index (χ4v) is 4.71. The van der Waals surface area contributed by atoms with Gasteiger partial charge in [-0.2, -0.15) is 0 Å². The number of H-pyrrole nitrogens is 1. The van der Waals surface area contributed by atoms with Crippen molar-refractivity contribution >= 4 is 0 Å². The molecule has 2 aliphatic carbocycles. The molecule has 0 amide bonds. The average molecular weight is 338 g/mol. The molecule has 1 fully saturated rings. The molecule has 0 saturated heterocycles. The summed E-state index contributed by atoms with van der Waals surface area (Å²) in [7, 11) is 0. The van der Waals surface area contributed by atoms with Crippen molar-refractivity contribution in [1.29, 1.82) is 0 Å². The summed E-state index contributed by atoms with van der Waals surface area (Å²) in [6, 6.07) is 8.18. The third-order valence-electron chi connectivity index (χ3n) is 6.32. The van der Waals surface area contributed by atoms with Gasteiger partial charge < -0.3 is 4.98 Å².